The molecule has 0 aliphatic heterocycles. The van der Waals surface area contributed by atoms with E-state index in [1.54, 1.807) is 35.6 Å². The van der Waals surface area contributed by atoms with Gasteiger partial charge in [-0.15, -0.1) is 11.3 Å². The summed E-state index contributed by atoms with van der Waals surface area (Å²) >= 11 is 1.58. The quantitative estimate of drug-likeness (QED) is 0.773. The summed E-state index contributed by atoms with van der Waals surface area (Å²) in [7, 11) is -3.53. The molecule has 0 amide bonds. The van der Waals surface area contributed by atoms with E-state index in [4.69, 9.17) is 4.42 Å². The molecule has 0 unspecified atom stereocenters. The van der Waals surface area contributed by atoms with E-state index in [9.17, 15) is 8.42 Å². The molecule has 3 aromatic rings. The van der Waals surface area contributed by atoms with Crippen LogP contribution < -0.4 is 4.72 Å². The van der Waals surface area contributed by atoms with Crippen LogP contribution in [-0.2, 0) is 16.6 Å². The molecule has 4 nitrogen and oxygen atoms in total. The van der Waals surface area contributed by atoms with Crippen molar-refractivity contribution in [3.63, 3.8) is 0 Å². The average molecular weight is 333 g/mol. The van der Waals surface area contributed by atoms with Crippen LogP contribution in [0.15, 0.2) is 63.2 Å². The van der Waals surface area contributed by atoms with Crippen molar-refractivity contribution >= 4 is 21.4 Å². The van der Waals surface area contributed by atoms with Crippen molar-refractivity contribution in [2.75, 3.05) is 0 Å². The van der Waals surface area contributed by atoms with E-state index in [0.717, 1.165) is 16.2 Å². The van der Waals surface area contributed by atoms with Crippen molar-refractivity contribution in [2.45, 2.75) is 18.4 Å². The molecule has 114 valence electrons. The monoisotopic (exact) mass is 333 g/mol. The molecule has 0 saturated heterocycles. The lowest BCUT2D eigenvalue weighted by molar-refractivity contribution is 0.510. The van der Waals surface area contributed by atoms with Crippen LogP contribution in [0.3, 0.4) is 0 Å². The van der Waals surface area contributed by atoms with Gasteiger partial charge < -0.3 is 4.42 Å². The van der Waals surface area contributed by atoms with Crippen LogP contribution in [0.5, 0.6) is 0 Å². The van der Waals surface area contributed by atoms with Gasteiger partial charge >= 0.3 is 0 Å². The maximum absolute atomic E-state index is 12.2. The summed E-state index contributed by atoms with van der Waals surface area (Å²) in [5.74, 6) is 1.33. The third-order valence-electron chi connectivity index (χ3n) is 3.16. The second kappa shape index (κ2) is 6.08. The fourth-order valence-electron chi connectivity index (χ4n) is 2.06. The number of nitrogens with one attached hydrogen (secondary N) is 1. The minimum absolute atomic E-state index is 0.127. The molecule has 1 N–H and O–H groups in total. The summed E-state index contributed by atoms with van der Waals surface area (Å²) in [5, 5.41) is 1.97. The SMILES string of the molecule is Cc1cccc(S(=O)(=O)NCc2ccc(-c3cccs3)o2)c1. The second-order valence-corrected chi connectivity index (χ2v) is 7.60. The molecule has 0 spiro atoms. The Morgan fingerprint density at radius 3 is 2.73 bits per heavy atom. The van der Waals surface area contributed by atoms with E-state index in [2.05, 4.69) is 4.72 Å². The number of aryl methyl sites for hydroxylation is 1. The molecular weight excluding hydrogens is 318 g/mol. The highest BCUT2D eigenvalue weighted by Crippen LogP contribution is 2.26. The van der Waals surface area contributed by atoms with Crippen molar-refractivity contribution in [1.29, 1.82) is 0 Å². The Kier molecular flexibility index (Phi) is 4.15. The number of furan rings is 1. The maximum Gasteiger partial charge on any atom is 0.240 e. The molecule has 22 heavy (non-hydrogen) atoms. The normalized spacial score (nSPS) is 11.7. The van der Waals surface area contributed by atoms with Gasteiger partial charge in [0.2, 0.25) is 10.0 Å². The molecule has 0 bridgehead atoms. The fourth-order valence-corrected chi connectivity index (χ4v) is 3.84. The predicted octanol–water partition coefficient (Wildman–Crippen LogP) is 3.80. The van der Waals surface area contributed by atoms with Crippen LogP contribution in [-0.4, -0.2) is 8.42 Å². The summed E-state index contributed by atoms with van der Waals surface area (Å²) in [6.07, 6.45) is 0. The Morgan fingerprint density at radius 1 is 1.14 bits per heavy atom. The van der Waals surface area contributed by atoms with Crippen LogP contribution in [0.25, 0.3) is 10.6 Å². The van der Waals surface area contributed by atoms with Gasteiger partial charge in [0.05, 0.1) is 16.3 Å². The van der Waals surface area contributed by atoms with Gasteiger partial charge in [-0.05, 0) is 48.2 Å². The predicted molar refractivity (Wildman–Crippen MR) is 87.2 cm³/mol. The first-order valence-electron chi connectivity index (χ1n) is 6.73. The van der Waals surface area contributed by atoms with Crippen LogP contribution in [0.4, 0.5) is 0 Å². The number of hydrogen-bond acceptors (Lipinski definition) is 4. The number of benzene rings is 1. The summed E-state index contributed by atoms with van der Waals surface area (Å²) in [6, 6.07) is 14.4. The Morgan fingerprint density at radius 2 is 2.00 bits per heavy atom. The van der Waals surface area contributed by atoms with E-state index in [0.29, 0.717) is 5.76 Å². The van der Waals surface area contributed by atoms with Crippen molar-refractivity contribution in [3.8, 4) is 10.6 Å². The lowest BCUT2D eigenvalue weighted by atomic mass is 10.2. The van der Waals surface area contributed by atoms with Gasteiger partial charge in [-0.2, -0.15) is 0 Å². The Bertz CT molecular complexity index is 864. The maximum atomic E-state index is 12.2. The van der Waals surface area contributed by atoms with Gasteiger partial charge in [-0.1, -0.05) is 18.2 Å². The molecule has 0 radical (unpaired) electrons. The van der Waals surface area contributed by atoms with Crippen molar-refractivity contribution < 1.29 is 12.8 Å². The molecule has 0 saturated carbocycles. The third kappa shape index (κ3) is 3.30. The first kappa shape index (κ1) is 15.0. The van der Waals surface area contributed by atoms with Gasteiger partial charge in [-0.25, -0.2) is 13.1 Å². The smallest absolute Gasteiger partial charge is 0.240 e. The highest BCUT2D eigenvalue weighted by Gasteiger charge is 2.15. The molecule has 0 atom stereocenters. The summed E-state index contributed by atoms with van der Waals surface area (Å²) in [5.41, 5.74) is 0.904. The van der Waals surface area contributed by atoms with Gasteiger partial charge in [0.15, 0.2) is 0 Å². The minimum Gasteiger partial charge on any atom is -0.459 e. The van der Waals surface area contributed by atoms with E-state index in [1.165, 1.54) is 0 Å². The first-order chi connectivity index (χ1) is 10.5. The molecule has 0 aliphatic carbocycles. The Balaban J connectivity index is 1.72. The zero-order chi connectivity index (χ0) is 15.6. The third-order valence-corrected chi connectivity index (χ3v) is 5.45. The average Bonchev–Trinajstić information content (AvgIpc) is 3.16. The van der Waals surface area contributed by atoms with Gasteiger partial charge in [0.25, 0.3) is 0 Å². The molecule has 1 aromatic carbocycles. The van der Waals surface area contributed by atoms with E-state index in [-0.39, 0.29) is 11.4 Å². The number of rotatable bonds is 5. The zero-order valence-corrected chi connectivity index (χ0v) is 13.6. The van der Waals surface area contributed by atoms with Crippen LogP contribution in [0.1, 0.15) is 11.3 Å². The van der Waals surface area contributed by atoms with Gasteiger partial charge in [0, 0.05) is 0 Å². The topological polar surface area (TPSA) is 59.3 Å². The molecule has 0 fully saturated rings. The van der Waals surface area contributed by atoms with Crippen LogP contribution in [0.2, 0.25) is 0 Å². The number of sulfonamides is 1. The minimum atomic E-state index is -3.53. The molecule has 2 heterocycles. The lowest BCUT2D eigenvalue weighted by Gasteiger charge is -2.06. The van der Waals surface area contributed by atoms with Gasteiger partial charge in [0.1, 0.15) is 11.5 Å². The molecular formula is C16H15NO3S2. The van der Waals surface area contributed by atoms with Gasteiger partial charge in [-0.3, -0.25) is 0 Å². The largest absolute Gasteiger partial charge is 0.459 e. The Labute approximate surface area is 133 Å². The summed E-state index contributed by atoms with van der Waals surface area (Å²) in [6.45, 7) is 1.99. The second-order valence-electron chi connectivity index (χ2n) is 4.88. The first-order valence-corrected chi connectivity index (χ1v) is 9.10. The molecule has 0 aliphatic rings. The van der Waals surface area contributed by atoms with Crippen LogP contribution >= 0.6 is 11.3 Å². The van der Waals surface area contributed by atoms with Crippen molar-refractivity contribution in [1.82, 2.24) is 4.72 Å². The number of hydrogen-bond donors (Lipinski definition) is 1. The zero-order valence-electron chi connectivity index (χ0n) is 11.9. The standard InChI is InChI=1S/C16H15NO3S2/c1-12-4-2-5-14(10-12)22(18,19)17-11-13-7-8-15(20-13)16-6-3-9-21-16/h2-10,17H,11H2,1H3. The fraction of sp³-hybridized carbons (Fsp3) is 0.125. The van der Waals surface area contributed by atoms with Crippen LogP contribution in [0, 0.1) is 6.92 Å². The summed E-state index contributed by atoms with van der Waals surface area (Å²) in [4.78, 5) is 1.28. The Hall–Kier alpha value is -1.89. The van der Waals surface area contributed by atoms with Crippen molar-refractivity contribution in [2.24, 2.45) is 0 Å². The molecule has 2 aromatic heterocycles. The van der Waals surface area contributed by atoms with E-state index < -0.39 is 10.0 Å². The summed E-state index contributed by atoms with van der Waals surface area (Å²) < 4.78 is 32.7. The lowest BCUT2D eigenvalue weighted by Crippen LogP contribution is -2.23. The molecule has 3 rings (SSSR count). The highest BCUT2D eigenvalue weighted by molar-refractivity contribution is 7.89. The molecule has 6 heteroatoms. The van der Waals surface area contributed by atoms with E-state index >= 15 is 0 Å². The number of thiophene rings is 1. The highest BCUT2D eigenvalue weighted by atomic mass is 32.2. The van der Waals surface area contributed by atoms with Crippen molar-refractivity contribution in [3.05, 3.63) is 65.2 Å². The van der Waals surface area contributed by atoms with E-state index in [1.807, 2.05) is 36.6 Å².